The van der Waals surface area contributed by atoms with Gasteiger partial charge in [-0.05, 0) is 32.1 Å². The maximum Gasteiger partial charge on any atom is 0.378 e. The van der Waals surface area contributed by atoms with E-state index in [4.69, 9.17) is 0 Å². The summed E-state index contributed by atoms with van der Waals surface area (Å²) in [4.78, 5) is 0. The van der Waals surface area contributed by atoms with E-state index in [9.17, 15) is 9.13 Å². The lowest BCUT2D eigenvalue weighted by molar-refractivity contribution is -0.908. The van der Waals surface area contributed by atoms with Gasteiger partial charge in [0, 0.05) is 12.8 Å². The highest BCUT2D eigenvalue weighted by molar-refractivity contribution is 7.32. The van der Waals surface area contributed by atoms with E-state index in [0.717, 1.165) is 19.3 Å². The molecule has 0 aliphatic carbocycles. The molecule has 0 saturated carbocycles. The second-order valence-corrected chi connectivity index (χ2v) is 10.6. The molecule has 0 aliphatic rings. The Kier molecular flexibility index (Phi) is 16.2. The molecule has 0 radical (unpaired) electrons. The zero-order chi connectivity index (χ0) is 21.3. The van der Waals surface area contributed by atoms with Gasteiger partial charge in [0.1, 0.15) is 0 Å². The third kappa shape index (κ3) is 11.6. The second-order valence-electron chi connectivity index (χ2n) is 9.29. The van der Waals surface area contributed by atoms with Gasteiger partial charge in [-0.3, -0.25) is 0 Å². The van der Waals surface area contributed by atoms with Crippen LogP contribution in [0.15, 0.2) is 12.2 Å². The van der Waals surface area contributed by atoms with Crippen molar-refractivity contribution in [3.05, 3.63) is 12.2 Å². The summed E-state index contributed by atoms with van der Waals surface area (Å²) in [5.74, 6) is 0. The summed E-state index contributed by atoms with van der Waals surface area (Å²) in [5, 5.41) is -0.601. The van der Waals surface area contributed by atoms with Crippen molar-refractivity contribution >= 4 is 7.68 Å². The Morgan fingerprint density at radius 3 is 1.50 bits per heavy atom. The van der Waals surface area contributed by atoms with E-state index >= 15 is 0 Å². The number of nitrogens with zero attached hydrogens (tertiary/aromatic N) is 1. The van der Waals surface area contributed by atoms with Crippen molar-refractivity contribution in [3.63, 3.8) is 0 Å². The van der Waals surface area contributed by atoms with E-state index in [1.54, 1.807) is 0 Å². The maximum absolute atomic E-state index is 11.9. The summed E-state index contributed by atoms with van der Waals surface area (Å²) in [5.41, 5.74) is 0. The predicted molar refractivity (Wildman–Crippen MR) is 123 cm³/mol. The molecule has 0 amide bonds. The third-order valence-electron chi connectivity index (χ3n) is 6.24. The first-order chi connectivity index (χ1) is 13.3. The van der Waals surface area contributed by atoms with Gasteiger partial charge in [-0.1, -0.05) is 83.8 Å². The molecule has 0 aromatic carbocycles. The topological polar surface area (TPSA) is 34.1 Å². The minimum absolute atomic E-state index is 0.507. The average molecular weight is 415 g/mol. The zero-order valence-electron chi connectivity index (χ0n) is 19.7. The summed E-state index contributed by atoms with van der Waals surface area (Å²) in [6.07, 6.45) is 24.2. The molecule has 0 spiro atoms. The molecule has 0 heterocycles. The molecule has 1 atom stereocenters. The largest absolute Gasteiger partial charge is 0.378 e. The Labute approximate surface area is 176 Å². The van der Waals surface area contributed by atoms with E-state index in [-0.39, 0.29) is 0 Å². The Morgan fingerprint density at radius 2 is 1.11 bits per heavy atom. The van der Waals surface area contributed by atoms with Crippen LogP contribution >= 0.6 is 7.68 Å². The van der Waals surface area contributed by atoms with Crippen LogP contribution in [0.4, 0.5) is 0 Å². The number of rotatable bonds is 19. The average Bonchev–Trinajstić information content (AvgIpc) is 2.63. The number of allylic oxidation sites excluding steroid dienone is 2. The van der Waals surface area contributed by atoms with Crippen LogP contribution < -0.4 is 0 Å². The smallest absolute Gasteiger partial charge is 0.314 e. The Balaban J connectivity index is 3.68. The normalized spacial score (nSPS) is 14.5. The van der Waals surface area contributed by atoms with Crippen LogP contribution in [-0.2, 0) is 9.13 Å². The fourth-order valence-corrected chi connectivity index (χ4v) is 5.20. The molecule has 4 heteroatoms. The van der Waals surface area contributed by atoms with Crippen LogP contribution in [0.25, 0.3) is 0 Å². The van der Waals surface area contributed by atoms with Crippen LogP contribution in [0.5, 0.6) is 0 Å². The molecular weight excluding hydrogens is 365 g/mol. The fourth-order valence-electron chi connectivity index (χ4n) is 4.11. The van der Waals surface area contributed by atoms with Gasteiger partial charge in [0.15, 0.2) is 0 Å². The molecule has 0 bridgehead atoms. The van der Waals surface area contributed by atoms with Crippen molar-refractivity contribution in [1.29, 1.82) is 0 Å². The van der Waals surface area contributed by atoms with Gasteiger partial charge >= 0.3 is 7.68 Å². The zero-order valence-corrected chi connectivity index (χ0v) is 20.6. The molecular formula is C24H49NO2P+. The van der Waals surface area contributed by atoms with Gasteiger partial charge in [-0.15, -0.1) is 0 Å². The molecule has 0 rings (SSSR count). The number of hydrogen-bond acceptors (Lipinski definition) is 2. The first-order valence-corrected chi connectivity index (χ1v) is 13.1. The minimum atomic E-state index is -2.42. The van der Waals surface area contributed by atoms with Gasteiger partial charge in [-0.2, -0.15) is 0 Å². The molecule has 3 nitrogen and oxygen atoms in total. The third-order valence-corrected chi connectivity index (χ3v) is 8.06. The molecule has 0 saturated heterocycles. The van der Waals surface area contributed by atoms with Gasteiger partial charge in [0.2, 0.25) is 5.28 Å². The summed E-state index contributed by atoms with van der Waals surface area (Å²) in [6, 6.07) is 0. The van der Waals surface area contributed by atoms with Crippen molar-refractivity contribution in [3.8, 4) is 0 Å². The highest BCUT2D eigenvalue weighted by Crippen LogP contribution is 2.43. The molecule has 1 unspecified atom stereocenters. The van der Waals surface area contributed by atoms with E-state index < -0.39 is 13.0 Å². The lowest BCUT2D eigenvalue weighted by Gasteiger charge is -2.40. The molecule has 28 heavy (non-hydrogen) atoms. The summed E-state index contributed by atoms with van der Waals surface area (Å²) < 4.78 is 24.3. The van der Waals surface area contributed by atoms with Crippen molar-refractivity contribution < 1.29 is 13.6 Å². The monoisotopic (exact) mass is 414 g/mol. The lowest BCUT2D eigenvalue weighted by Crippen LogP contribution is -2.53. The predicted octanol–water partition coefficient (Wildman–Crippen LogP) is 8.40. The first kappa shape index (κ1) is 27.6. The van der Waals surface area contributed by atoms with Gasteiger partial charge in [0.25, 0.3) is 0 Å². The van der Waals surface area contributed by atoms with Gasteiger partial charge < -0.3 is 4.48 Å². The SMILES string of the molecule is CCCCCCCCC=CCCCCCCCCC(CC)(P(=O)=O)[N+](C)(C)C. The first-order valence-electron chi connectivity index (χ1n) is 11.9. The Bertz CT molecular complexity index is 458. The summed E-state index contributed by atoms with van der Waals surface area (Å²) >= 11 is 0. The molecule has 0 N–H and O–H groups in total. The quantitative estimate of drug-likeness (QED) is 0.0920. The standard InChI is InChI=1S/C24H49NO2P/c1-6-8-9-10-11-12-13-14-15-16-17-18-19-20-21-22-23-24(7-2,28(26)27)25(3,4)5/h14-15H,6-13,16-23H2,1-5H3/q+1. The lowest BCUT2D eigenvalue weighted by atomic mass is 10.0. The second kappa shape index (κ2) is 16.4. The van der Waals surface area contributed by atoms with Gasteiger partial charge in [-0.25, -0.2) is 9.13 Å². The van der Waals surface area contributed by atoms with E-state index in [1.165, 1.54) is 77.0 Å². The Hall–Kier alpha value is -0.400. The van der Waals surface area contributed by atoms with E-state index in [0.29, 0.717) is 10.9 Å². The molecule has 166 valence electrons. The number of quaternary nitrogens is 1. The van der Waals surface area contributed by atoms with Crippen molar-refractivity contribution in [2.75, 3.05) is 21.1 Å². The van der Waals surface area contributed by atoms with Crippen LogP contribution in [0.1, 0.15) is 117 Å². The molecule has 0 aromatic rings. The number of hydrogen-bond donors (Lipinski definition) is 0. The Morgan fingerprint density at radius 1 is 0.679 bits per heavy atom. The van der Waals surface area contributed by atoms with Crippen molar-refractivity contribution in [2.24, 2.45) is 0 Å². The fraction of sp³-hybridized carbons (Fsp3) is 0.917. The van der Waals surface area contributed by atoms with Crippen LogP contribution in [-0.4, -0.2) is 30.9 Å². The number of unbranched alkanes of at least 4 members (excludes halogenated alkanes) is 12. The maximum atomic E-state index is 11.9. The van der Waals surface area contributed by atoms with Gasteiger partial charge in [0.05, 0.1) is 21.1 Å². The van der Waals surface area contributed by atoms with Crippen LogP contribution in [0.2, 0.25) is 0 Å². The molecule has 0 aromatic heterocycles. The van der Waals surface area contributed by atoms with E-state index in [1.807, 2.05) is 28.1 Å². The molecule has 0 fully saturated rings. The summed E-state index contributed by atoms with van der Waals surface area (Å²) in [7, 11) is 3.61. The minimum Gasteiger partial charge on any atom is -0.314 e. The highest BCUT2D eigenvalue weighted by Gasteiger charge is 2.46. The van der Waals surface area contributed by atoms with Crippen LogP contribution in [0.3, 0.4) is 0 Å². The molecule has 0 aliphatic heterocycles. The van der Waals surface area contributed by atoms with Crippen molar-refractivity contribution in [2.45, 2.75) is 122 Å². The van der Waals surface area contributed by atoms with E-state index in [2.05, 4.69) is 19.1 Å². The highest BCUT2D eigenvalue weighted by atomic mass is 31.1. The van der Waals surface area contributed by atoms with Crippen LogP contribution in [0, 0.1) is 0 Å². The summed E-state index contributed by atoms with van der Waals surface area (Å²) in [6.45, 7) is 4.28. The van der Waals surface area contributed by atoms with Crippen molar-refractivity contribution in [1.82, 2.24) is 0 Å².